The van der Waals surface area contributed by atoms with Gasteiger partial charge in [-0.05, 0) is 25.1 Å². The number of carboxylic acid groups (broad SMARTS) is 1. The zero-order valence-electron chi connectivity index (χ0n) is 10.4. The molecule has 0 saturated heterocycles. The lowest BCUT2D eigenvalue weighted by molar-refractivity contribution is 0.0692. The van der Waals surface area contributed by atoms with Gasteiger partial charge in [0.2, 0.25) is 10.0 Å². The van der Waals surface area contributed by atoms with Crippen LogP contribution in [0.25, 0.3) is 0 Å². The highest BCUT2D eigenvalue weighted by Gasteiger charge is 2.22. The van der Waals surface area contributed by atoms with Gasteiger partial charge >= 0.3 is 5.97 Å². The smallest absolute Gasteiger partial charge is 0.337 e. The summed E-state index contributed by atoms with van der Waals surface area (Å²) in [6, 6.07) is 3.61. The number of carboxylic acids is 1. The summed E-state index contributed by atoms with van der Waals surface area (Å²) in [5, 5.41) is 8.97. The Morgan fingerprint density at radius 3 is 2.74 bits per heavy atom. The van der Waals surface area contributed by atoms with E-state index in [9.17, 15) is 13.2 Å². The van der Waals surface area contributed by atoms with Crippen molar-refractivity contribution in [3.63, 3.8) is 0 Å². The second-order valence-electron chi connectivity index (χ2n) is 3.66. The van der Waals surface area contributed by atoms with Gasteiger partial charge in [0.25, 0.3) is 0 Å². The molecule has 0 unspecified atom stereocenters. The van der Waals surface area contributed by atoms with Crippen LogP contribution < -0.4 is 10.5 Å². The number of sulfonamides is 1. The monoisotopic (exact) mass is 288 g/mol. The van der Waals surface area contributed by atoms with Crippen LogP contribution in [0.3, 0.4) is 0 Å². The largest absolute Gasteiger partial charge is 0.478 e. The summed E-state index contributed by atoms with van der Waals surface area (Å²) in [5.74, 6) is -1.33. The fraction of sp³-hybridized carbons (Fsp3) is 0.364. The number of ether oxygens (including phenoxy) is 1. The third-order valence-electron chi connectivity index (χ3n) is 2.27. The molecule has 0 fully saturated rings. The second kappa shape index (κ2) is 6.50. The Hall–Kier alpha value is -1.64. The van der Waals surface area contributed by atoms with E-state index < -0.39 is 16.0 Å². The van der Waals surface area contributed by atoms with Crippen LogP contribution >= 0.6 is 0 Å². The Balaban J connectivity index is 3.00. The summed E-state index contributed by atoms with van der Waals surface area (Å²) >= 11 is 0. The summed E-state index contributed by atoms with van der Waals surface area (Å²) in [4.78, 5) is 10.6. The third kappa shape index (κ3) is 4.19. The Bertz CT molecular complexity index is 556. The van der Waals surface area contributed by atoms with Crippen LogP contribution in [0.1, 0.15) is 17.3 Å². The highest BCUT2D eigenvalue weighted by atomic mass is 32.2. The second-order valence-corrected chi connectivity index (χ2v) is 5.39. The van der Waals surface area contributed by atoms with Gasteiger partial charge in [-0.25, -0.2) is 17.9 Å². The maximum atomic E-state index is 12.0. The summed E-state index contributed by atoms with van der Waals surface area (Å²) in [7, 11) is -3.93. The van der Waals surface area contributed by atoms with E-state index in [0.717, 1.165) is 12.1 Å². The predicted octanol–water partition coefficient (Wildman–Crippen LogP) is 0.282. The highest BCUT2D eigenvalue weighted by Crippen LogP contribution is 2.19. The molecular formula is C11H16N2O5S. The molecule has 1 aromatic carbocycles. The number of anilines is 1. The standard InChI is InChI=1S/C11H16N2O5S/c1-2-18-6-5-13-19(16,17)10-7-8(12)3-4-9(10)11(14)15/h3-4,7,13H,2,5-6,12H2,1H3,(H,14,15). The number of aromatic carboxylic acids is 1. The summed E-state index contributed by atoms with van der Waals surface area (Å²) in [6.07, 6.45) is 0. The molecule has 0 heterocycles. The minimum atomic E-state index is -3.93. The molecule has 0 aliphatic heterocycles. The van der Waals surface area contributed by atoms with Gasteiger partial charge in [0.15, 0.2) is 0 Å². The van der Waals surface area contributed by atoms with E-state index >= 15 is 0 Å². The van der Waals surface area contributed by atoms with Crippen LogP contribution in [0.2, 0.25) is 0 Å². The Morgan fingerprint density at radius 1 is 1.47 bits per heavy atom. The zero-order chi connectivity index (χ0) is 14.5. The van der Waals surface area contributed by atoms with Crippen LogP contribution in [-0.2, 0) is 14.8 Å². The normalized spacial score (nSPS) is 11.4. The molecule has 0 radical (unpaired) electrons. The van der Waals surface area contributed by atoms with Crippen LogP contribution in [-0.4, -0.2) is 39.3 Å². The molecule has 0 aliphatic carbocycles. The van der Waals surface area contributed by atoms with Crippen LogP contribution in [0.15, 0.2) is 23.1 Å². The quantitative estimate of drug-likeness (QED) is 0.490. The van der Waals surface area contributed by atoms with Crippen molar-refractivity contribution in [2.24, 2.45) is 0 Å². The van der Waals surface area contributed by atoms with Crippen molar-refractivity contribution in [3.8, 4) is 0 Å². The van der Waals surface area contributed by atoms with E-state index in [1.54, 1.807) is 6.92 Å². The van der Waals surface area contributed by atoms with E-state index in [0.29, 0.717) is 6.61 Å². The first-order valence-corrected chi connectivity index (χ1v) is 7.07. The van der Waals surface area contributed by atoms with E-state index in [2.05, 4.69) is 4.72 Å². The van der Waals surface area contributed by atoms with Gasteiger partial charge in [-0.2, -0.15) is 0 Å². The Morgan fingerprint density at radius 2 is 2.16 bits per heavy atom. The Kier molecular flexibility index (Phi) is 5.28. The van der Waals surface area contributed by atoms with Crippen molar-refractivity contribution < 1.29 is 23.1 Å². The van der Waals surface area contributed by atoms with E-state index in [4.69, 9.17) is 15.6 Å². The topological polar surface area (TPSA) is 119 Å². The molecule has 1 rings (SSSR count). The number of hydrogen-bond acceptors (Lipinski definition) is 5. The first-order chi connectivity index (χ1) is 8.88. The predicted molar refractivity (Wildman–Crippen MR) is 69.5 cm³/mol. The van der Waals surface area contributed by atoms with Gasteiger partial charge in [-0.3, -0.25) is 0 Å². The molecule has 0 spiro atoms. The first kappa shape index (κ1) is 15.4. The van der Waals surface area contributed by atoms with E-state index in [-0.39, 0.29) is 29.3 Å². The molecule has 0 atom stereocenters. The fourth-order valence-corrected chi connectivity index (χ4v) is 2.65. The number of rotatable bonds is 7. The molecule has 106 valence electrons. The number of nitrogen functional groups attached to an aromatic ring is 1. The third-order valence-corrected chi connectivity index (χ3v) is 3.77. The van der Waals surface area contributed by atoms with Gasteiger partial charge in [-0.1, -0.05) is 0 Å². The number of nitrogens with two attached hydrogens (primary N) is 1. The SMILES string of the molecule is CCOCCNS(=O)(=O)c1cc(N)ccc1C(=O)O. The zero-order valence-corrected chi connectivity index (χ0v) is 11.2. The molecule has 0 saturated carbocycles. The van der Waals surface area contributed by atoms with Gasteiger partial charge in [0.05, 0.1) is 17.1 Å². The van der Waals surface area contributed by atoms with E-state index in [1.807, 2.05) is 0 Å². The lowest BCUT2D eigenvalue weighted by Crippen LogP contribution is -2.29. The number of nitrogens with one attached hydrogen (secondary N) is 1. The van der Waals surface area contributed by atoms with Crippen LogP contribution in [0, 0.1) is 0 Å². The summed E-state index contributed by atoms with van der Waals surface area (Å²) in [5.41, 5.74) is 5.35. The van der Waals surface area contributed by atoms with E-state index in [1.165, 1.54) is 6.07 Å². The molecule has 0 bridgehead atoms. The number of carbonyl (C=O) groups is 1. The summed E-state index contributed by atoms with van der Waals surface area (Å²) < 4.78 is 31.2. The molecule has 8 heteroatoms. The lowest BCUT2D eigenvalue weighted by atomic mass is 10.2. The minimum Gasteiger partial charge on any atom is -0.478 e. The molecule has 0 aromatic heterocycles. The van der Waals surface area contributed by atoms with Crippen molar-refractivity contribution in [1.82, 2.24) is 4.72 Å². The molecule has 1 aromatic rings. The summed E-state index contributed by atoms with van der Waals surface area (Å²) in [6.45, 7) is 2.53. The van der Waals surface area contributed by atoms with Crippen molar-refractivity contribution in [2.45, 2.75) is 11.8 Å². The number of benzene rings is 1. The van der Waals surface area contributed by atoms with Crippen molar-refractivity contribution >= 4 is 21.7 Å². The molecule has 4 N–H and O–H groups in total. The van der Waals surface area contributed by atoms with Crippen molar-refractivity contribution in [2.75, 3.05) is 25.5 Å². The maximum Gasteiger partial charge on any atom is 0.337 e. The van der Waals surface area contributed by atoms with Gasteiger partial charge < -0.3 is 15.6 Å². The average Bonchev–Trinajstić information content (AvgIpc) is 2.34. The maximum absolute atomic E-state index is 12.0. The van der Waals surface area contributed by atoms with Crippen LogP contribution in [0.4, 0.5) is 5.69 Å². The van der Waals surface area contributed by atoms with Crippen molar-refractivity contribution in [3.05, 3.63) is 23.8 Å². The highest BCUT2D eigenvalue weighted by molar-refractivity contribution is 7.89. The number of hydrogen-bond donors (Lipinski definition) is 3. The first-order valence-electron chi connectivity index (χ1n) is 5.58. The molecule has 0 aliphatic rings. The van der Waals surface area contributed by atoms with Crippen molar-refractivity contribution in [1.29, 1.82) is 0 Å². The van der Waals surface area contributed by atoms with Gasteiger partial charge in [0.1, 0.15) is 0 Å². The Labute approximate surface area is 111 Å². The molecule has 0 amide bonds. The lowest BCUT2D eigenvalue weighted by Gasteiger charge is -2.10. The van der Waals surface area contributed by atoms with Gasteiger partial charge in [0, 0.05) is 18.8 Å². The van der Waals surface area contributed by atoms with Crippen LogP contribution in [0.5, 0.6) is 0 Å². The molecule has 7 nitrogen and oxygen atoms in total. The fourth-order valence-electron chi connectivity index (χ4n) is 1.41. The van der Waals surface area contributed by atoms with Gasteiger partial charge in [-0.15, -0.1) is 0 Å². The minimum absolute atomic E-state index is 0.0596. The molecule has 19 heavy (non-hydrogen) atoms. The average molecular weight is 288 g/mol. The molecular weight excluding hydrogens is 272 g/mol.